The number of rotatable bonds is 7. The van der Waals surface area contributed by atoms with Crippen LogP contribution < -0.4 is 10.9 Å². The van der Waals surface area contributed by atoms with Gasteiger partial charge >= 0.3 is 6.09 Å². The van der Waals surface area contributed by atoms with Crippen molar-refractivity contribution in [2.24, 2.45) is 0 Å². The van der Waals surface area contributed by atoms with Crippen LogP contribution in [0.1, 0.15) is 26.2 Å². The molecular weight excluding hydrogens is 276 g/mol. The van der Waals surface area contributed by atoms with Crippen LogP contribution >= 0.6 is 11.8 Å². The molecule has 0 saturated carbocycles. The molecule has 0 aliphatic carbocycles. The second-order valence-electron chi connectivity index (χ2n) is 4.07. The van der Waals surface area contributed by atoms with E-state index in [1.54, 1.807) is 11.8 Å². The van der Waals surface area contributed by atoms with Crippen molar-refractivity contribution >= 4 is 23.8 Å². The number of ether oxygens (including phenoxy) is 1. The molecule has 0 aliphatic rings. The standard InChI is InChI=1S/C14H20N2O3S/c1-2-3-10-19-14(18)16-15-13(17)9-11-20-12-7-5-4-6-8-12/h4-8H,2-3,9-11H2,1H3,(H,15,17)(H,16,18). The molecule has 5 nitrogen and oxygen atoms in total. The number of carbonyl (C=O) groups is 2. The Morgan fingerprint density at radius 2 is 1.95 bits per heavy atom. The van der Waals surface area contributed by atoms with Gasteiger partial charge in [-0.25, -0.2) is 10.2 Å². The highest BCUT2D eigenvalue weighted by Gasteiger charge is 2.05. The minimum atomic E-state index is -0.623. The molecule has 0 aliphatic heterocycles. The molecule has 0 heterocycles. The molecule has 110 valence electrons. The summed E-state index contributed by atoms with van der Waals surface area (Å²) in [6.07, 6.45) is 1.47. The van der Waals surface area contributed by atoms with Crippen LogP contribution in [0.5, 0.6) is 0 Å². The minimum absolute atomic E-state index is 0.235. The van der Waals surface area contributed by atoms with Gasteiger partial charge in [-0.3, -0.25) is 10.2 Å². The van der Waals surface area contributed by atoms with Gasteiger partial charge in [0.25, 0.3) is 0 Å². The molecule has 0 fully saturated rings. The molecule has 1 aromatic rings. The van der Waals surface area contributed by atoms with E-state index in [0.717, 1.165) is 17.7 Å². The molecule has 0 radical (unpaired) electrons. The predicted octanol–water partition coefficient (Wildman–Crippen LogP) is 2.73. The number of carbonyl (C=O) groups excluding carboxylic acids is 2. The summed E-state index contributed by atoms with van der Waals surface area (Å²) in [7, 11) is 0. The monoisotopic (exact) mass is 296 g/mol. The van der Waals surface area contributed by atoms with Crippen LogP contribution in [-0.4, -0.2) is 24.4 Å². The summed E-state index contributed by atoms with van der Waals surface area (Å²) in [5.74, 6) is 0.420. The normalized spacial score (nSPS) is 9.85. The van der Waals surface area contributed by atoms with Gasteiger partial charge in [-0.15, -0.1) is 11.8 Å². The summed E-state index contributed by atoms with van der Waals surface area (Å²) in [5.41, 5.74) is 4.54. The lowest BCUT2D eigenvalue weighted by Crippen LogP contribution is -2.42. The van der Waals surface area contributed by atoms with Crippen molar-refractivity contribution in [1.82, 2.24) is 10.9 Å². The maximum atomic E-state index is 11.5. The van der Waals surface area contributed by atoms with E-state index in [-0.39, 0.29) is 5.91 Å². The van der Waals surface area contributed by atoms with Gasteiger partial charge in [-0.1, -0.05) is 31.5 Å². The molecule has 2 amide bonds. The van der Waals surface area contributed by atoms with E-state index in [9.17, 15) is 9.59 Å². The Hall–Kier alpha value is -1.69. The lowest BCUT2D eigenvalue weighted by Gasteiger charge is -2.07. The summed E-state index contributed by atoms with van der Waals surface area (Å²) in [4.78, 5) is 23.8. The summed E-state index contributed by atoms with van der Waals surface area (Å²) < 4.78 is 4.84. The third kappa shape index (κ3) is 7.68. The maximum Gasteiger partial charge on any atom is 0.426 e. The Balaban J connectivity index is 2.07. The van der Waals surface area contributed by atoms with Crippen LogP contribution in [0.2, 0.25) is 0 Å². The fraction of sp³-hybridized carbons (Fsp3) is 0.429. The van der Waals surface area contributed by atoms with Crippen molar-refractivity contribution < 1.29 is 14.3 Å². The number of benzene rings is 1. The highest BCUT2D eigenvalue weighted by molar-refractivity contribution is 7.99. The largest absolute Gasteiger partial charge is 0.448 e. The van der Waals surface area contributed by atoms with Gasteiger partial charge in [0, 0.05) is 17.1 Å². The van der Waals surface area contributed by atoms with E-state index in [1.807, 2.05) is 37.3 Å². The number of amides is 2. The zero-order valence-electron chi connectivity index (χ0n) is 11.6. The van der Waals surface area contributed by atoms with Crippen LogP contribution in [0.15, 0.2) is 35.2 Å². The SMILES string of the molecule is CCCCOC(=O)NNC(=O)CCSc1ccccc1. The molecule has 2 N–H and O–H groups in total. The van der Waals surface area contributed by atoms with Gasteiger partial charge in [-0.2, -0.15) is 0 Å². The Morgan fingerprint density at radius 3 is 2.65 bits per heavy atom. The van der Waals surface area contributed by atoms with E-state index in [2.05, 4.69) is 10.9 Å². The van der Waals surface area contributed by atoms with Crippen molar-refractivity contribution in [3.05, 3.63) is 30.3 Å². The van der Waals surface area contributed by atoms with E-state index < -0.39 is 6.09 Å². The van der Waals surface area contributed by atoms with Crippen molar-refractivity contribution in [2.75, 3.05) is 12.4 Å². The molecule has 1 rings (SSSR count). The van der Waals surface area contributed by atoms with E-state index in [1.165, 1.54) is 0 Å². The topological polar surface area (TPSA) is 67.4 Å². The lowest BCUT2D eigenvalue weighted by atomic mass is 10.4. The molecule has 0 aromatic heterocycles. The van der Waals surface area contributed by atoms with E-state index in [4.69, 9.17) is 4.74 Å². The van der Waals surface area contributed by atoms with Crippen LogP contribution in [-0.2, 0) is 9.53 Å². The molecule has 0 bridgehead atoms. The summed E-state index contributed by atoms with van der Waals surface area (Å²) >= 11 is 1.60. The molecule has 0 unspecified atom stereocenters. The summed E-state index contributed by atoms with van der Waals surface area (Å²) in [6, 6.07) is 9.84. The molecule has 1 aromatic carbocycles. The molecular formula is C14H20N2O3S. The van der Waals surface area contributed by atoms with Crippen LogP contribution in [0.25, 0.3) is 0 Å². The first kappa shape index (κ1) is 16.4. The first-order valence-electron chi connectivity index (χ1n) is 6.62. The predicted molar refractivity (Wildman–Crippen MR) is 79.3 cm³/mol. The fourth-order valence-corrected chi connectivity index (χ4v) is 2.18. The molecule has 20 heavy (non-hydrogen) atoms. The van der Waals surface area contributed by atoms with Crippen LogP contribution in [0.3, 0.4) is 0 Å². The van der Waals surface area contributed by atoms with Crippen molar-refractivity contribution in [3.63, 3.8) is 0 Å². The second kappa shape index (κ2) is 10.1. The number of hydrogen-bond donors (Lipinski definition) is 2. The lowest BCUT2D eigenvalue weighted by molar-refractivity contribution is -0.121. The van der Waals surface area contributed by atoms with Crippen LogP contribution in [0.4, 0.5) is 4.79 Å². The number of hydrogen-bond acceptors (Lipinski definition) is 4. The van der Waals surface area contributed by atoms with Crippen molar-refractivity contribution in [3.8, 4) is 0 Å². The van der Waals surface area contributed by atoms with E-state index in [0.29, 0.717) is 18.8 Å². The Morgan fingerprint density at radius 1 is 1.20 bits per heavy atom. The average molecular weight is 296 g/mol. The fourth-order valence-electron chi connectivity index (χ4n) is 1.31. The quantitative estimate of drug-likeness (QED) is 0.461. The number of thioether (sulfide) groups is 1. The van der Waals surface area contributed by atoms with Crippen molar-refractivity contribution in [2.45, 2.75) is 31.1 Å². The highest BCUT2D eigenvalue weighted by Crippen LogP contribution is 2.17. The summed E-state index contributed by atoms with van der Waals surface area (Å²) in [5, 5.41) is 0. The van der Waals surface area contributed by atoms with Gasteiger partial charge < -0.3 is 4.74 Å². The second-order valence-corrected chi connectivity index (χ2v) is 5.24. The van der Waals surface area contributed by atoms with E-state index >= 15 is 0 Å². The number of unbranched alkanes of at least 4 members (excludes halogenated alkanes) is 1. The molecule has 0 atom stereocenters. The first-order chi connectivity index (χ1) is 9.72. The first-order valence-corrected chi connectivity index (χ1v) is 7.60. The highest BCUT2D eigenvalue weighted by atomic mass is 32.2. The Kier molecular flexibility index (Phi) is 8.30. The minimum Gasteiger partial charge on any atom is -0.448 e. The zero-order valence-corrected chi connectivity index (χ0v) is 12.4. The Bertz CT molecular complexity index is 412. The van der Waals surface area contributed by atoms with Gasteiger partial charge in [0.1, 0.15) is 0 Å². The number of nitrogens with one attached hydrogen (secondary N) is 2. The molecule has 0 saturated heterocycles. The summed E-state index contributed by atoms with van der Waals surface area (Å²) in [6.45, 7) is 2.37. The van der Waals surface area contributed by atoms with Gasteiger partial charge in [-0.05, 0) is 18.6 Å². The molecule has 0 spiro atoms. The van der Waals surface area contributed by atoms with Gasteiger partial charge in [0.15, 0.2) is 0 Å². The van der Waals surface area contributed by atoms with Gasteiger partial charge in [0.2, 0.25) is 5.91 Å². The van der Waals surface area contributed by atoms with Crippen LogP contribution in [0, 0.1) is 0 Å². The third-order valence-electron chi connectivity index (χ3n) is 2.38. The molecule has 6 heteroatoms. The third-order valence-corrected chi connectivity index (χ3v) is 3.39. The number of hydrazine groups is 1. The van der Waals surface area contributed by atoms with Crippen molar-refractivity contribution in [1.29, 1.82) is 0 Å². The maximum absolute atomic E-state index is 11.5. The average Bonchev–Trinajstić information content (AvgIpc) is 2.46. The Labute approximate surface area is 123 Å². The smallest absolute Gasteiger partial charge is 0.426 e. The van der Waals surface area contributed by atoms with Gasteiger partial charge in [0.05, 0.1) is 6.61 Å². The zero-order chi connectivity index (χ0) is 14.6.